The second-order valence-electron chi connectivity index (χ2n) is 9.97. The molecule has 2 aromatic heterocycles. The van der Waals surface area contributed by atoms with Gasteiger partial charge in [-0.25, -0.2) is 4.98 Å². The first-order valence-electron chi connectivity index (χ1n) is 12.8. The van der Waals surface area contributed by atoms with Crippen LogP contribution in [0.25, 0.3) is 22.7 Å². The summed E-state index contributed by atoms with van der Waals surface area (Å²) in [6, 6.07) is 11.6. The number of hydrogen-bond donors (Lipinski definition) is 0. The smallest absolute Gasteiger partial charge is 0.254 e. The fourth-order valence-corrected chi connectivity index (χ4v) is 4.58. The van der Waals surface area contributed by atoms with Crippen LogP contribution in [0.3, 0.4) is 0 Å². The van der Waals surface area contributed by atoms with Crippen LogP contribution in [0.5, 0.6) is 11.6 Å². The molecule has 8 nitrogen and oxygen atoms in total. The molecule has 1 aliphatic rings. The number of hydrogen-bond acceptors (Lipinski definition) is 8. The maximum atomic E-state index is 6.15. The zero-order valence-corrected chi connectivity index (χ0v) is 23.1. The van der Waals surface area contributed by atoms with Gasteiger partial charge in [0.2, 0.25) is 11.8 Å². The van der Waals surface area contributed by atoms with Gasteiger partial charge in [-0.05, 0) is 75.1 Å². The summed E-state index contributed by atoms with van der Waals surface area (Å²) in [7, 11) is 0. The Hall–Kier alpha value is -3.20. The standard InChI is InChI=1S/C29H32ClN3O5/c1-6-11-34-27-24-28(32-23(31-27)14-19-7-9-21(30)10-8-19)37-26(33-24)20-12-17(2)25(18(3)13-20)35-15-22-16-36-29(4,5)38-22/h7-10,12-13,22H,6,11,14-16H2,1-5H3. The summed E-state index contributed by atoms with van der Waals surface area (Å²) in [5, 5.41) is 0.684. The average molecular weight is 538 g/mol. The minimum absolute atomic E-state index is 0.109. The molecule has 0 N–H and O–H groups in total. The second-order valence-corrected chi connectivity index (χ2v) is 10.4. The van der Waals surface area contributed by atoms with Crippen molar-refractivity contribution < 1.29 is 23.4 Å². The lowest BCUT2D eigenvalue weighted by Gasteiger charge is -2.18. The fourth-order valence-electron chi connectivity index (χ4n) is 4.45. The number of aryl methyl sites for hydroxylation is 2. The summed E-state index contributed by atoms with van der Waals surface area (Å²) < 4.78 is 29.7. The van der Waals surface area contributed by atoms with E-state index in [2.05, 4.69) is 9.97 Å². The quantitative estimate of drug-likeness (QED) is 0.240. The Balaban J connectivity index is 1.42. The van der Waals surface area contributed by atoms with Crippen LogP contribution in [0, 0.1) is 13.8 Å². The highest BCUT2D eigenvalue weighted by atomic mass is 35.5. The molecule has 4 aromatic rings. The first kappa shape index (κ1) is 26.4. The Morgan fingerprint density at radius 1 is 1.03 bits per heavy atom. The summed E-state index contributed by atoms with van der Waals surface area (Å²) in [4.78, 5) is 14.0. The van der Waals surface area contributed by atoms with Crippen molar-refractivity contribution in [1.29, 1.82) is 0 Å². The summed E-state index contributed by atoms with van der Waals surface area (Å²) in [6.07, 6.45) is 1.25. The maximum absolute atomic E-state index is 6.15. The average Bonchev–Trinajstić information content (AvgIpc) is 3.46. The maximum Gasteiger partial charge on any atom is 0.254 e. The Labute approximate surface area is 227 Å². The van der Waals surface area contributed by atoms with E-state index in [9.17, 15) is 0 Å². The molecule has 0 bridgehead atoms. The number of nitrogens with zero attached hydrogens (tertiary/aromatic N) is 3. The summed E-state index contributed by atoms with van der Waals surface area (Å²) in [5.74, 6) is 1.70. The van der Waals surface area contributed by atoms with Crippen LogP contribution < -0.4 is 9.47 Å². The molecule has 0 radical (unpaired) electrons. The van der Waals surface area contributed by atoms with Gasteiger partial charge in [0.25, 0.3) is 5.71 Å². The third kappa shape index (κ3) is 5.93. The SMILES string of the molecule is CCCOc1nc(Cc2ccc(Cl)cc2)nc2oc(-c3cc(C)c(OCC4COC(C)(C)O4)c(C)c3)nc12. The fraction of sp³-hybridized carbons (Fsp3) is 0.414. The first-order valence-corrected chi connectivity index (χ1v) is 13.2. The summed E-state index contributed by atoms with van der Waals surface area (Å²) >= 11 is 6.03. The minimum Gasteiger partial charge on any atom is -0.490 e. The number of fused-ring (bicyclic) bond motifs is 1. The molecule has 2 aromatic carbocycles. The van der Waals surface area contributed by atoms with Gasteiger partial charge in [0.1, 0.15) is 24.3 Å². The first-order chi connectivity index (χ1) is 18.2. The van der Waals surface area contributed by atoms with Crippen molar-refractivity contribution in [3.05, 3.63) is 63.9 Å². The summed E-state index contributed by atoms with van der Waals surface area (Å²) in [5.41, 5.74) is 4.70. The van der Waals surface area contributed by atoms with Gasteiger partial charge in [0, 0.05) is 17.0 Å². The predicted octanol–water partition coefficient (Wildman–Crippen LogP) is 6.46. The Morgan fingerprint density at radius 3 is 2.42 bits per heavy atom. The van der Waals surface area contributed by atoms with Gasteiger partial charge in [-0.1, -0.05) is 30.7 Å². The highest BCUT2D eigenvalue weighted by Crippen LogP contribution is 2.34. The van der Waals surface area contributed by atoms with Crippen molar-refractivity contribution in [2.24, 2.45) is 0 Å². The van der Waals surface area contributed by atoms with Crippen LogP contribution in [-0.2, 0) is 15.9 Å². The predicted molar refractivity (Wildman–Crippen MR) is 145 cm³/mol. The number of ether oxygens (including phenoxy) is 4. The molecular weight excluding hydrogens is 506 g/mol. The second kappa shape index (κ2) is 10.9. The van der Waals surface area contributed by atoms with E-state index in [1.165, 1.54) is 0 Å². The minimum atomic E-state index is -0.577. The van der Waals surface area contributed by atoms with Crippen LogP contribution in [-0.4, -0.2) is 46.7 Å². The van der Waals surface area contributed by atoms with Gasteiger partial charge in [-0.2, -0.15) is 9.97 Å². The molecule has 1 unspecified atom stereocenters. The van der Waals surface area contributed by atoms with Crippen LogP contribution in [0.4, 0.5) is 0 Å². The number of aromatic nitrogens is 3. The molecular formula is C29H32ClN3O5. The van der Waals surface area contributed by atoms with Gasteiger partial charge in [0.15, 0.2) is 11.3 Å². The largest absolute Gasteiger partial charge is 0.490 e. The van der Waals surface area contributed by atoms with E-state index < -0.39 is 5.79 Å². The third-order valence-corrected chi connectivity index (χ3v) is 6.43. The Morgan fingerprint density at radius 2 is 1.76 bits per heavy atom. The lowest BCUT2D eigenvalue weighted by molar-refractivity contribution is -0.141. The van der Waals surface area contributed by atoms with E-state index in [0.717, 1.165) is 34.4 Å². The van der Waals surface area contributed by atoms with Gasteiger partial charge >= 0.3 is 0 Å². The molecule has 5 rings (SSSR count). The van der Waals surface area contributed by atoms with Crippen LogP contribution in [0.15, 0.2) is 40.8 Å². The van der Waals surface area contributed by atoms with E-state index in [1.54, 1.807) is 0 Å². The lowest BCUT2D eigenvalue weighted by Crippen LogP contribution is -2.25. The van der Waals surface area contributed by atoms with Crippen LogP contribution in [0.1, 0.15) is 49.7 Å². The van der Waals surface area contributed by atoms with Gasteiger partial charge < -0.3 is 23.4 Å². The number of oxazole rings is 1. The molecule has 1 saturated heterocycles. The Kier molecular flexibility index (Phi) is 7.56. The molecule has 0 saturated carbocycles. The molecule has 1 fully saturated rings. The molecule has 38 heavy (non-hydrogen) atoms. The van der Waals surface area contributed by atoms with Crippen molar-refractivity contribution in [2.45, 2.75) is 59.4 Å². The number of benzene rings is 2. The van der Waals surface area contributed by atoms with E-state index in [-0.39, 0.29) is 6.10 Å². The van der Waals surface area contributed by atoms with Crippen molar-refractivity contribution >= 4 is 22.8 Å². The van der Waals surface area contributed by atoms with E-state index >= 15 is 0 Å². The van der Waals surface area contributed by atoms with Crippen LogP contribution >= 0.6 is 11.6 Å². The van der Waals surface area contributed by atoms with Crippen LogP contribution in [0.2, 0.25) is 5.02 Å². The highest BCUT2D eigenvalue weighted by molar-refractivity contribution is 6.30. The normalized spacial score (nSPS) is 16.7. The van der Waals surface area contributed by atoms with Crippen molar-refractivity contribution in [3.8, 4) is 23.1 Å². The molecule has 1 atom stereocenters. The molecule has 0 amide bonds. The van der Waals surface area contributed by atoms with Crippen molar-refractivity contribution in [1.82, 2.24) is 15.0 Å². The zero-order valence-electron chi connectivity index (χ0n) is 22.3. The molecule has 1 aliphatic heterocycles. The zero-order chi connectivity index (χ0) is 26.9. The third-order valence-electron chi connectivity index (χ3n) is 6.18. The Bertz CT molecular complexity index is 1410. The lowest BCUT2D eigenvalue weighted by atomic mass is 10.1. The molecule has 0 spiro atoms. The number of rotatable bonds is 9. The monoisotopic (exact) mass is 537 g/mol. The van der Waals surface area contributed by atoms with Crippen molar-refractivity contribution in [3.63, 3.8) is 0 Å². The molecule has 9 heteroatoms. The van der Waals surface area contributed by atoms with E-state index in [4.69, 9.17) is 39.9 Å². The van der Waals surface area contributed by atoms with E-state index in [1.807, 2.05) is 71.0 Å². The van der Waals surface area contributed by atoms with E-state index in [0.29, 0.717) is 60.1 Å². The van der Waals surface area contributed by atoms with Gasteiger partial charge in [-0.3, -0.25) is 0 Å². The molecule has 200 valence electrons. The van der Waals surface area contributed by atoms with Gasteiger partial charge in [-0.15, -0.1) is 0 Å². The topological polar surface area (TPSA) is 88.7 Å². The van der Waals surface area contributed by atoms with Gasteiger partial charge in [0.05, 0.1) is 13.2 Å². The molecule has 3 heterocycles. The number of halogens is 1. The van der Waals surface area contributed by atoms with Crippen molar-refractivity contribution in [2.75, 3.05) is 19.8 Å². The summed E-state index contributed by atoms with van der Waals surface area (Å²) in [6.45, 7) is 11.3. The highest BCUT2D eigenvalue weighted by Gasteiger charge is 2.33. The molecule has 0 aliphatic carbocycles.